The van der Waals surface area contributed by atoms with Crippen LogP contribution in [0.25, 0.3) is 21.8 Å². The van der Waals surface area contributed by atoms with E-state index in [1.165, 1.54) is 10.8 Å². The molecule has 0 aliphatic rings. The summed E-state index contributed by atoms with van der Waals surface area (Å²) in [6, 6.07) is 55.5. The summed E-state index contributed by atoms with van der Waals surface area (Å²) in [7, 11) is 0. The van der Waals surface area contributed by atoms with Gasteiger partial charge >= 0.3 is 0 Å². The van der Waals surface area contributed by atoms with Crippen LogP contribution in [0.5, 0.6) is 0 Å². The number of nitrogens with one attached hydrogen (secondary N) is 1. The number of aromatic amines is 1. The van der Waals surface area contributed by atoms with Crippen LogP contribution in [-0.2, 0) is 0 Å². The second kappa shape index (κ2) is 9.88. The predicted octanol–water partition coefficient (Wildman–Crippen LogP) is 10.3. The van der Waals surface area contributed by atoms with Crippen LogP contribution in [-0.4, -0.2) is 4.98 Å². The minimum atomic E-state index is 1.08. The molecule has 1 heterocycles. The highest BCUT2D eigenvalue weighted by Gasteiger charge is 2.25. The lowest BCUT2D eigenvalue weighted by atomic mass is 10.1. The highest BCUT2D eigenvalue weighted by molar-refractivity contribution is 6.16. The minimum absolute atomic E-state index is 1.08. The van der Waals surface area contributed by atoms with Crippen molar-refractivity contribution in [3.05, 3.63) is 158 Å². The first-order valence-corrected chi connectivity index (χ1v) is 13.2. The number of hydrogen-bond acceptors (Lipinski definition) is 2. The summed E-state index contributed by atoms with van der Waals surface area (Å²) < 4.78 is 0. The summed E-state index contributed by atoms with van der Waals surface area (Å²) in [5.41, 5.74) is 8.78. The highest BCUT2D eigenvalue weighted by atomic mass is 15.2. The van der Waals surface area contributed by atoms with Crippen LogP contribution >= 0.6 is 0 Å². The summed E-state index contributed by atoms with van der Waals surface area (Å²) >= 11 is 0. The highest BCUT2D eigenvalue weighted by Crippen LogP contribution is 2.49. The van der Waals surface area contributed by atoms with Gasteiger partial charge in [0.25, 0.3) is 0 Å². The van der Waals surface area contributed by atoms with Crippen molar-refractivity contribution in [1.29, 1.82) is 0 Å². The van der Waals surface area contributed by atoms with Gasteiger partial charge < -0.3 is 14.8 Å². The fourth-order valence-corrected chi connectivity index (χ4v) is 5.44. The summed E-state index contributed by atoms with van der Waals surface area (Å²) in [6.45, 7) is 0. The molecule has 0 atom stereocenters. The number of nitrogens with zero attached hydrogens (tertiary/aromatic N) is 2. The molecular weight excluding hydrogens is 474 g/mol. The number of para-hydroxylation sites is 5. The van der Waals surface area contributed by atoms with Gasteiger partial charge in [-0.15, -0.1) is 0 Å². The van der Waals surface area contributed by atoms with Crippen molar-refractivity contribution in [1.82, 2.24) is 4.98 Å². The first-order chi connectivity index (χ1) is 19.4. The van der Waals surface area contributed by atoms with Gasteiger partial charge in [-0.05, 0) is 66.7 Å². The van der Waals surface area contributed by atoms with E-state index in [-0.39, 0.29) is 0 Å². The summed E-state index contributed by atoms with van der Waals surface area (Å²) in [5, 5.41) is 2.41. The molecule has 0 spiro atoms. The summed E-state index contributed by atoms with van der Waals surface area (Å²) in [6.07, 6.45) is 0. The summed E-state index contributed by atoms with van der Waals surface area (Å²) in [5.74, 6) is 0. The van der Waals surface area contributed by atoms with Gasteiger partial charge in [0, 0.05) is 39.0 Å². The Bertz CT molecular complexity index is 1770. The molecular formula is C36H27N3. The zero-order valence-corrected chi connectivity index (χ0v) is 21.4. The lowest BCUT2D eigenvalue weighted by Gasteiger charge is -2.33. The Hall–Kier alpha value is -5.28. The molecule has 1 N–H and O–H groups in total. The molecule has 3 nitrogen and oxygen atoms in total. The molecule has 3 heteroatoms. The largest absolute Gasteiger partial charge is 0.353 e. The zero-order valence-electron chi connectivity index (χ0n) is 21.4. The van der Waals surface area contributed by atoms with E-state index in [9.17, 15) is 0 Å². The third-order valence-corrected chi connectivity index (χ3v) is 7.16. The second-order valence-corrected chi connectivity index (χ2v) is 9.54. The number of rotatable bonds is 6. The molecule has 0 aliphatic carbocycles. The summed E-state index contributed by atoms with van der Waals surface area (Å²) in [4.78, 5) is 8.51. The standard InChI is InChI=1S/C36H27N3/c1-5-15-27(16-6-1)38(28-17-7-2-8-18-28)34-26-25-32-31-23-13-14-24-33(31)37-35(32)36(34)39(29-19-9-3-10-20-29)30-21-11-4-12-22-30/h1-26,37H. The molecule has 0 radical (unpaired) electrons. The lowest BCUT2D eigenvalue weighted by Crippen LogP contribution is -2.17. The van der Waals surface area contributed by atoms with Crippen LogP contribution in [0, 0.1) is 0 Å². The molecule has 186 valence electrons. The number of aromatic nitrogens is 1. The second-order valence-electron chi connectivity index (χ2n) is 9.54. The minimum Gasteiger partial charge on any atom is -0.353 e. The maximum absolute atomic E-state index is 3.80. The van der Waals surface area contributed by atoms with Gasteiger partial charge in [0.2, 0.25) is 0 Å². The maximum Gasteiger partial charge on any atom is 0.0947 e. The zero-order chi connectivity index (χ0) is 26.0. The van der Waals surface area contributed by atoms with Crippen LogP contribution in [0.1, 0.15) is 0 Å². The van der Waals surface area contributed by atoms with Crippen LogP contribution in [0.2, 0.25) is 0 Å². The van der Waals surface area contributed by atoms with E-state index < -0.39 is 0 Å². The Morgan fingerprint density at radius 2 is 0.795 bits per heavy atom. The average Bonchev–Trinajstić information content (AvgIpc) is 3.39. The van der Waals surface area contributed by atoms with Crippen molar-refractivity contribution in [2.45, 2.75) is 0 Å². The van der Waals surface area contributed by atoms with E-state index in [0.29, 0.717) is 0 Å². The Kier molecular flexibility index (Phi) is 5.80. The maximum atomic E-state index is 3.80. The number of H-pyrrole nitrogens is 1. The van der Waals surface area contributed by atoms with Crippen molar-refractivity contribution in [2.24, 2.45) is 0 Å². The van der Waals surface area contributed by atoms with Gasteiger partial charge in [-0.2, -0.15) is 0 Å². The van der Waals surface area contributed by atoms with E-state index >= 15 is 0 Å². The van der Waals surface area contributed by atoms with E-state index in [0.717, 1.165) is 45.2 Å². The Balaban J connectivity index is 1.61. The van der Waals surface area contributed by atoms with Crippen molar-refractivity contribution in [2.75, 3.05) is 9.80 Å². The van der Waals surface area contributed by atoms with Gasteiger partial charge in [0.1, 0.15) is 0 Å². The monoisotopic (exact) mass is 501 g/mol. The first-order valence-electron chi connectivity index (χ1n) is 13.2. The van der Waals surface area contributed by atoms with Gasteiger partial charge in [0.15, 0.2) is 0 Å². The van der Waals surface area contributed by atoms with Gasteiger partial charge in [0.05, 0.1) is 16.9 Å². The van der Waals surface area contributed by atoms with E-state index in [2.05, 4.69) is 173 Å². The van der Waals surface area contributed by atoms with Crippen LogP contribution in [0.15, 0.2) is 158 Å². The van der Waals surface area contributed by atoms with E-state index in [4.69, 9.17) is 0 Å². The fraction of sp³-hybridized carbons (Fsp3) is 0. The van der Waals surface area contributed by atoms with Crippen molar-refractivity contribution >= 4 is 55.9 Å². The van der Waals surface area contributed by atoms with Crippen molar-refractivity contribution in [3.63, 3.8) is 0 Å². The molecule has 0 bridgehead atoms. The third-order valence-electron chi connectivity index (χ3n) is 7.16. The van der Waals surface area contributed by atoms with Crippen molar-refractivity contribution in [3.8, 4) is 0 Å². The molecule has 0 saturated carbocycles. The van der Waals surface area contributed by atoms with Gasteiger partial charge in [-0.1, -0.05) is 91.0 Å². The molecule has 6 aromatic carbocycles. The topological polar surface area (TPSA) is 22.3 Å². The first kappa shape index (κ1) is 22.9. The lowest BCUT2D eigenvalue weighted by molar-refractivity contribution is 1.23. The molecule has 0 saturated heterocycles. The number of anilines is 6. The fourth-order valence-electron chi connectivity index (χ4n) is 5.44. The van der Waals surface area contributed by atoms with E-state index in [1.807, 2.05) is 0 Å². The Morgan fingerprint density at radius 1 is 0.359 bits per heavy atom. The predicted molar refractivity (Wildman–Crippen MR) is 165 cm³/mol. The number of benzene rings is 6. The average molecular weight is 502 g/mol. The third kappa shape index (κ3) is 4.11. The number of hydrogen-bond donors (Lipinski definition) is 1. The van der Waals surface area contributed by atoms with Crippen molar-refractivity contribution < 1.29 is 0 Å². The normalized spacial score (nSPS) is 11.1. The molecule has 7 aromatic rings. The molecule has 39 heavy (non-hydrogen) atoms. The molecule has 7 rings (SSSR count). The molecule has 0 fully saturated rings. The molecule has 0 unspecified atom stereocenters. The molecule has 0 aliphatic heterocycles. The van der Waals surface area contributed by atoms with Crippen LogP contribution in [0.4, 0.5) is 34.1 Å². The van der Waals surface area contributed by atoms with Crippen LogP contribution in [0.3, 0.4) is 0 Å². The Morgan fingerprint density at radius 3 is 1.31 bits per heavy atom. The smallest absolute Gasteiger partial charge is 0.0947 e. The quantitative estimate of drug-likeness (QED) is 0.245. The SMILES string of the molecule is c1ccc(N(c2ccccc2)c2ccc3c([nH]c4ccccc43)c2N(c2ccccc2)c2ccccc2)cc1. The van der Waals surface area contributed by atoms with Gasteiger partial charge in [-0.3, -0.25) is 0 Å². The van der Waals surface area contributed by atoms with E-state index in [1.54, 1.807) is 0 Å². The molecule has 1 aromatic heterocycles. The van der Waals surface area contributed by atoms with Gasteiger partial charge in [-0.25, -0.2) is 0 Å². The van der Waals surface area contributed by atoms with Crippen LogP contribution < -0.4 is 9.80 Å². The Labute approximate surface area is 228 Å². The number of fused-ring (bicyclic) bond motifs is 3. The molecule has 0 amide bonds.